The third-order valence-corrected chi connectivity index (χ3v) is 5.57. The van der Waals surface area contributed by atoms with Crippen LogP contribution in [0.25, 0.3) is 0 Å². The van der Waals surface area contributed by atoms with E-state index in [0.29, 0.717) is 5.41 Å². The van der Waals surface area contributed by atoms with Crippen molar-refractivity contribution in [2.45, 2.75) is 17.7 Å². The lowest BCUT2D eigenvalue weighted by atomic mass is 9.84. The number of ether oxygens (including phenoxy) is 2. The van der Waals surface area contributed by atoms with Crippen LogP contribution in [0.15, 0.2) is 29.2 Å². The van der Waals surface area contributed by atoms with Crippen molar-refractivity contribution in [3.05, 3.63) is 24.3 Å². The molecular weight excluding hydrogens is 264 g/mol. The predicted octanol–water partition coefficient (Wildman–Crippen LogP) is 3.51. The SMILES string of the molecule is COc1ccccc1SCC1(CS)CCOCC1. The zero-order valence-corrected chi connectivity index (χ0v) is 12.4. The Labute approximate surface area is 119 Å². The third kappa shape index (κ3) is 3.37. The Morgan fingerprint density at radius 2 is 2.06 bits per heavy atom. The Morgan fingerprint density at radius 1 is 1.33 bits per heavy atom. The number of hydrogen-bond donors (Lipinski definition) is 1. The van der Waals surface area contributed by atoms with Gasteiger partial charge in [0.05, 0.1) is 7.11 Å². The molecule has 1 aliphatic heterocycles. The van der Waals surface area contributed by atoms with Gasteiger partial charge in [0.2, 0.25) is 0 Å². The van der Waals surface area contributed by atoms with E-state index in [1.54, 1.807) is 7.11 Å². The first-order valence-electron chi connectivity index (χ1n) is 6.24. The molecule has 0 spiro atoms. The molecule has 1 aromatic carbocycles. The minimum Gasteiger partial charge on any atom is -0.496 e. The summed E-state index contributed by atoms with van der Waals surface area (Å²) in [6, 6.07) is 8.20. The van der Waals surface area contributed by atoms with Gasteiger partial charge in [0.15, 0.2) is 0 Å². The van der Waals surface area contributed by atoms with E-state index in [4.69, 9.17) is 9.47 Å². The van der Waals surface area contributed by atoms with E-state index in [9.17, 15) is 0 Å². The number of thioether (sulfide) groups is 1. The van der Waals surface area contributed by atoms with Crippen molar-refractivity contribution in [2.24, 2.45) is 5.41 Å². The molecule has 1 fully saturated rings. The second-order valence-electron chi connectivity index (χ2n) is 4.71. The van der Waals surface area contributed by atoms with Crippen LogP contribution in [0.3, 0.4) is 0 Å². The van der Waals surface area contributed by atoms with E-state index in [2.05, 4.69) is 24.8 Å². The normalized spacial score (nSPS) is 18.6. The quantitative estimate of drug-likeness (QED) is 0.659. The van der Waals surface area contributed by atoms with Crippen LogP contribution in [0.1, 0.15) is 12.8 Å². The lowest BCUT2D eigenvalue weighted by Crippen LogP contribution is -2.33. The lowest BCUT2D eigenvalue weighted by molar-refractivity contribution is 0.0371. The van der Waals surface area contributed by atoms with Crippen molar-refractivity contribution >= 4 is 24.4 Å². The second-order valence-corrected chi connectivity index (χ2v) is 6.04. The summed E-state index contributed by atoms with van der Waals surface area (Å²) in [4.78, 5) is 1.22. The van der Waals surface area contributed by atoms with Crippen molar-refractivity contribution in [3.8, 4) is 5.75 Å². The largest absolute Gasteiger partial charge is 0.496 e. The van der Waals surface area contributed by atoms with Crippen LogP contribution in [0.4, 0.5) is 0 Å². The van der Waals surface area contributed by atoms with Crippen molar-refractivity contribution in [3.63, 3.8) is 0 Å². The van der Waals surface area contributed by atoms with Crippen LogP contribution in [-0.2, 0) is 4.74 Å². The Morgan fingerprint density at radius 3 is 2.72 bits per heavy atom. The standard InChI is InChI=1S/C14H20O2S2/c1-15-12-4-2-3-5-13(12)18-11-14(10-17)6-8-16-9-7-14/h2-5,17H,6-11H2,1H3. The molecule has 1 aromatic rings. The Kier molecular flexibility index (Phi) is 5.27. The average molecular weight is 284 g/mol. The summed E-state index contributed by atoms with van der Waals surface area (Å²) < 4.78 is 10.8. The minimum absolute atomic E-state index is 0.312. The fourth-order valence-corrected chi connectivity index (χ4v) is 4.02. The number of benzene rings is 1. The molecule has 18 heavy (non-hydrogen) atoms. The Hall–Kier alpha value is -0.320. The summed E-state index contributed by atoms with van der Waals surface area (Å²) in [5.41, 5.74) is 0.312. The molecule has 0 N–H and O–H groups in total. The van der Waals surface area contributed by atoms with Gasteiger partial charge in [-0.2, -0.15) is 12.6 Å². The average Bonchev–Trinajstić information content (AvgIpc) is 2.46. The van der Waals surface area contributed by atoms with Crippen LogP contribution in [0.5, 0.6) is 5.75 Å². The van der Waals surface area contributed by atoms with E-state index in [1.165, 1.54) is 4.90 Å². The number of hydrogen-bond acceptors (Lipinski definition) is 4. The fourth-order valence-electron chi connectivity index (χ4n) is 2.12. The van der Waals surface area contributed by atoms with Gasteiger partial charge in [-0.3, -0.25) is 0 Å². The smallest absolute Gasteiger partial charge is 0.132 e. The molecule has 0 aromatic heterocycles. The van der Waals surface area contributed by atoms with Crippen LogP contribution < -0.4 is 4.74 Å². The van der Waals surface area contributed by atoms with Crippen molar-refractivity contribution < 1.29 is 9.47 Å². The molecule has 2 rings (SSSR count). The molecule has 0 unspecified atom stereocenters. The van der Waals surface area contributed by atoms with E-state index in [1.807, 2.05) is 23.9 Å². The monoisotopic (exact) mass is 284 g/mol. The van der Waals surface area contributed by atoms with E-state index in [-0.39, 0.29) is 0 Å². The van der Waals surface area contributed by atoms with Gasteiger partial charge in [0, 0.05) is 23.9 Å². The van der Waals surface area contributed by atoms with Crippen molar-refractivity contribution in [1.29, 1.82) is 0 Å². The molecule has 0 amide bonds. The highest BCUT2D eigenvalue weighted by atomic mass is 32.2. The number of thiol groups is 1. The summed E-state index contributed by atoms with van der Waals surface area (Å²) in [6.07, 6.45) is 2.22. The van der Waals surface area contributed by atoms with E-state index < -0.39 is 0 Å². The second kappa shape index (κ2) is 6.73. The molecule has 1 saturated heterocycles. The van der Waals surface area contributed by atoms with Gasteiger partial charge in [-0.15, -0.1) is 11.8 Å². The highest BCUT2D eigenvalue weighted by Gasteiger charge is 2.31. The molecule has 1 heterocycles. The van der Waals surface area contributed by atoms with Crippen LogP contribution in [-0.4, -0.2) is 31.8 Å². The maximum atomic E-state index is 5.46. The number of methoxy groups -OCH3 is 1. The van der Waals surface area contributed by atoms with E-state index in [0.717, 1.165) is 43.3 Å². The van der Waals surface area contributed by atoms with Crippen LogP contribution >= 0.6 is 24.4 Å². The third-order valence-electron chi connectivity index (χ3n) is 3.49. The van der Waals surface area contributed by atoms with Crippen molar-refractivity contribution in [1.82, 2.24) is 0 Å². The summed E-state index contributed by atoms with van der Waals surface area (Å²) in [5.74, 6) is 2.97. The van der Waals surface area contributed by atoms with Crippen LogP contribution in [0, 0.1) is 5.41 Å². The van der Waals surface area contributed by atoms with Crippen LogP contribution in [0.2, 0.25) is 0 Å². The molecule has 1 aliphatic rings. The summed E-state index contributed by atoms with van der Waals surface area (Å²) in [5, 5.41) is 0. The first-order valence-corrected chi connectivity index (χ1v) is 7.86. The highest BCUT2D eigenvalue weighted by Crippen LogP contribution is 2.39. The summed E-state index contributed by atoms with van der Waals surface area (Å²) >= 11 is 6.42. The first kappa shape index (κ1) is 14.1. The first-order chi connectivity index (χ1) is 8.79. The van der Waals surface area contributed by atoms with Gasteiger partial charge in [-0.05, 0) is 36.1 Å². The van der Waals surface area contributed by atoms with Gasteiger partial charge < -0.3 is 9.47 Å². The fraction of sp³-hybridized carbons (Fsp3) is 0.571. The molecular formula is C14H20O2S2. The molecule has 4 heteroatoms. The summed E-state index contributed by atoms with van der Waals surface area (Å²) in [6.45, 7) is 1.74. The van der Waals surface area contributed by atoms with Gasteiger partial charge in [-0.1, -0.05) is 12.1 Å². The topological polar surface area (TPSA) is 18.5 Å². The van der Waals surface area contributed by atoms with Gasteiger partial charge in [0.1, 0.15) is 5.75 Å². The molecule has 0 saturated carbocycles. The summed E-state index contributed by atoms with van der Waals surface area (Å²) in [7, 11) is 1.72. The predicted molar refractivity (Wildman–Crippen MR) is 80.1 cm³/mol. The number of para-hydroxylation sites is 1. The highest BCUT2D eigenvalue weighted by molar-refractivity contribution is 7.99. The maximum Gasteiger partial charge on any atom is 0.132 e. The van der Waals surface area contributed by atoms with E-state index >= 15 is 0 Å². The van der Waals surface area contributed by atoms with Gasteiger partial charge in [0.25, 0.3) is 0 Å². The Balaban J connectivity index is 2.01. The molecule has 0 aliphatic carbocycles. The molecule has 0 bridgehead atoms. The minimum atomic E-state index is 0.312. The van der Waals surface area contributed by atoms with Crippen molar-refractivity contribution in [2.75, 3.05) is 31.8 Å². The maximum absolute atomic E-state index is 5.46. The van der Waals surface area contributed by atoms with Gasteiger partial charge in [-0.25, -0.2) is 0 Å². The molecule has 0 atom stereocenters. The lowest BCUT2D eigenvalue weighted by Gasteiger charge is -2.35. The zero-order valence-electron chi connectivity index (χ0n) is 10.7. The number of rotatable bonds is 5. The molecule has 2 nitrogen and oxygen atoms in total. The van der Waals surface area contributed by atoms with Gasteiger partial charge >= 0.3 is 0 Å². The Bertz CT molecular complexity index is 376. The molecule has 100 valence electrons. The zero-order chi connectivity index (χ0) is 12.8. The molecule has 0 radical (unpaired) electrons.